The number of amidine groups is 1. The van der Waals surface area contributed by atoms with Crippen molar-refractivity contribution in [1.82, 2.24) is 14.8 Å². The van der Waals surface area contributed by atoms with Crippen molar-refractivity contribution in [1.29, 1.82) is 0 Å². The minimum absolute atomic E-state index is 0.333. The number of carbonyl (C=O) groups is 1. The molecular formula is C26H21F3N6O3S. The molecule has 1 aliphatic heterocycles. The van der Waals surface area contributed by atoms with Crippen LogP contribution in [0.15, 0.2) is 84.1 Å². The fraction of sp³-hybridized carbons (Fsp3) is 0.154. The number of thioether (sulfide) groups is 1. The number of aromatic nitrogens is 3. The summed E-state index contributed by atoms with van der Waals surface area (Å²) in [5.41, 5.74) is 3.39. The van der Waals surface area contributed by atoms with Gasteiger partial charge in [-0.15, -0.1) is 18.3 Å². The fourth-order valence-corrected chi connectivity index (χ4v) is 4.82. The second kappa shape index (κ2) is 10.8. The summed E-state index contributed by atoms with van der Waals surface area (Å²) in [5.74, 6) is 0.439. The predicted octanol–water partition coefficient (Wildman–Crippen LogP) is 5.60. The lowest BCUT2D eigenvalue weighted by Crippen LogP contribution is -2.34. The summed E-state index contributed by atoms with van der Waals surface area (Å²) in [6.07, 6.45) is -4.12. The van der Waals surface area contributed by atoms with E-state index < -0.39 is 18.6 Å². The van der Waals surface area contributed by atoms with Crippen LogP contribution in [0.3, 0.4) is 0 Å². The summed E-state index contributed by atoms with van der Waals surface area (Å²) >= 11 is 1.29. The Morgan fingerprint density at radius 3 is 2.51 bits per heavy atom. The Morgan fingerprint density at radius 2 is 1.82 bits per heavy atom. The van der Waals surface area contributed by atoms with Gasteiger partial charge in [-0.25, -0.2) is 14.5 Å². The number of aliphatic hydroxyl groups is 1. The van der Waals surface area contributed by atoms with Crippen molar-refractivity contribution in [2.45, 2.75) is 19.5 Å². The summed E-state index contributed by atoms with van der Waals surface area (Å²) in [7, 11) is 0. The highest BCUT2D eigenvalue weighted by Gasteiger charge is 2.32. The third kappa shape index (κ3) is 6.21. The van der Waals surface area contributed by atoms with Crippen LogP contribution in [-0.4, -0.2) is 49.4 Å². The molecule has 9 nitrogen and oxygen atoms in total. The molecule has 1 aromatic heterocycles. The first-order chi connectivity index (χ1) is 18.7. The van der Waals surface area contributed by atoms with Gasteiger partial charge >= 0.3 is 12.4 Å². The maximum atomic E-state index is 12.6. The van der Waals surface area contributed by atoms with Gasteiger partial charge in [0.2, 0.25) is 0 Å². The van der Waals surface area contributed by atoms with Crippen LogP contribution >= 0.6 is 11.8 Å². The molecule has 1 saturated heterocycles. The summed E-state index contributed by atoms with van der Waals surface area (Å²) < 4.78 is 42.4. The van der Waals surface area contributed by atoms with Crippen molar-refractivity contribution in [3.05, 3.63) is 84.7 Å². The van der Waals surface area contributed by atoms with Gasteiger partial charge in [-0.3, -0.25) is 4.90 Å². The SMILES string of the molecule is Cc1ccccc1N1C(=NC(=O)Nc2ccc(-c3ncn(-c4ccc(OC(F)(F)F)cc4)n3)cc2)SCC1O. The Hall–Kier alpha value is -4.36. The molecule has 4 aromatic rings. The van der Waals surface area contributed by atoms with Gasteiger partial charge in [0.1, 0.15) is 18.3 Å². The first-order valence-corrected chi connectivity index (χ1v) is 12.6. The van der Waals surface area contributed by atoms with E-state index in [1.165, 1.54) is 47.0 Å². The number of para-hydroxylation sites is 1. The zero-order valence-electron chi connectivity index (χ0n) is 20.3. The zero-order valence-corrected chi connectivity index (χ0v) is 21.1. The average Bonchev–Trinajstić information content (AvgIpc) is 3.52. The lowest BCUT2D eigenvalue weighted by Gasteiger charge is -2.23. The number of ether oxygens (including phenoxy) is 1. The zero-order chi connectivity index (χ0) is 27.6. The molecule has 13 heteroatoms. The van der Waals surface area contributed by atoms with Crippen molar-refractivity contribution in [2.24, 2.45) is 4.99 Å². The molecule has 1 aliphatic rings. The third-order valence-electron chi connectivity index (χ3n) is 5.66. The number of anilines is 2. The number of rotatable bonds is 5. The van der Waals surface area contributed by atoms with E-state index in [0.29, 0.717) is 33.7 Å². The maximum Gasteiger partial charge on any atom is 0.573 e. The number of nitrogens with zero attached hydrogens (tertiary/aromatic N) is 5. The highest BCUT2D eigenvalue weighted by Crippen LogP contribution is 2.31. The van der Waals surface area contributed by atoms with Gasteiger partial charge in [-0.1, -0.05) is 30.0 Å². The normalized spacial score (nSPS) is 16.5. The van der Waals surface area contributed by atoms with Crippen LogP contribution in [-0.2, 0) is 0 Å². The minimum atomic E-state index is -4.76. The Balaban J connectivity index is 1.25. The van der Waals surface area contributed by atoms with E-state index in [-0.39, 0.29) is 5.75 Å². The highest BCUT2D eigenvalue weighted by atomic mass is 32.2. The van der Waals surface area contributed by atoms with Gasteiger partial charge in [0.05, 0.1) is 5.69 Å². The topological polar surface area (TPSA) is 105 Å². The molecule has 200 valence electrons. The molecule has 0 spiro atoms. The third-order valence-corrected chi connectivity index (χ3v) is 6.67. The number of benzene rings is 3. The number of alkyl halides is 3. The van der Waals surface area contributed by atoms with Crippen LogP contribution in [0, 0.1) is 6.92 Å². The maximum absolute atomic E-state index is 12.6. The average molecular weight is 555 g/mol. The predicted molar refractivity (Wildman–Crippen MR) is 142 cm³/mol. The number of halogens is 3. The van der Waals surface area contributed by atoms with Gasteiger partial charge in [0, 0.05) is 22.7 Å². The van der Waals surface area contributed by atoms with Crippen molar-refractivity contribution >= 4 is 34.3 Å². The van der Waals surface area contributed by atoms with E-state index in [1.807, 2.05) is 31.2 Å². The molecule has 1 fully saturated rings. The Labute approximate surface area is 225 Å². The number of hydrogen-bond acceptors (Lipinski definition) is 6. The van der Waals surface area contributed by atoms with Gasteiger partial charge in [-0.05, 0) is 67.1 Å². The lowest BCUT2D eigenvalue weighted by molar-refractivity contribution is -0.274. The number of aliphatic hydroxyl groups excluding tert-OH is 1. The molecule has 1 atom stereocenters. The van der Waals surface area contributed by atoms with Gasteiger partial charge in [0.25, 0.3) is 0 Å². The van der Waals surface area contributed by atoms with Gasteiger partial charge in [0.15, 0.2) is 11.0 Å². The Kier molecular flexibility index (Phi) is 7.26. The smallest absolute Gasteiger partial charge is 0.406 e. The number of aryl methyl sites for hydroxylation is 1. The molecule has 1 unspecified atom stereocenters. The van der Waals surface area contributed by atoms with Crippen molar-refractivity contribution in [2.75, 3.05) is 16.0 Å². The Morgan fingerprint density at radius 1 is 1.10 bits per heavy atom. The molecule has 5 rings (SSSR count). The first-order valence-electron chi connectivity index (χ1n) is 11.6. The summed E-state index contributed by atoms with van der Waals surface area (Å²) in [6.45, 7) is 1.92. The molecule has 3 aromatic carbocycles. The molecule has 2 heterocycles. The fourth-order valence-electron chi connectivity index (χ4n) is 3.87. The van der Waals surface area contributed by atoms with Crippen LogP contribution in [0.4, 0.5) is 29.3 Å². The first kappa shape index (κ1) is 26.3. The number of aliphatic imine (C=N–C) groups is 1. The lowest BCUT2D eigenvalue weighted by atomic mass is 10.2. The van der Waals surface area contributed by atoms with E-state index >= 15 is 0 Å². The van der Waals surface area contributed by atoms with Crippen LogP contribution in [0.25, 0.3) is 17.1 Å². The van der Waals surface area contributed by atoms with Gasteiger partial charge < -0.3 is 15.2 Å². The second-order valence-electron chi connectivity index (χ2n) is 8.40. The molecule has 2 N–H and O–H groups in total. The molecule has 0 saturated carbocycles. The number of carbonyl (C=O) groups excluding carboxylic acids is 1. The summed E-state index contributed by atoms with van der Waals surface area (Å²) in [5, 5.41) is 17.9. The van der Waals surface area contributed by atoms with E-state index in [4.69, 9.17) is 0 Å². The van der Waals surface area contributed by atoms with E-state index in [9.17, 15) is 23.1 Å². The monoisotopic (exact) mass is 554 g/mol. The molecule has 0 bridgehead atoms. The largest absolute Gasteiger partial charge is 0.573 e. The molecule has 0 radical (unpaired) electrons. The van der Waals surface area contributed by atoms with E-state index in [2.05, 4.69) is 25.1 Å². The standard InChI is InChI=1S/C26H21F3N6O3S/c1-16-4-2-3-5-21(16)35-22(36)14-39-25(35)32-24(37)31-18-8-6-17(7-9-18)23-30-15-34(33-23)19-10-12-20(13-11-19)38-26(27,28)29/h2-13,15,22,36H,14H2,1H3,(H,31,37). The van der Waals surface area contributed by atoms with E-state index in [0.717, 1.165) is 11.3 Å². The molecular weight excluding hydrogens is 533 g/mol. The van der Waals surface area contributed by atoms with Crippen molar-refractivity contribution < 1.29 is 27.8 Å². The van der Waals surface area contributed by atoms with Crippen molar-refractivity contribution in [3.63, 3.8) is 0 Å². The van der Waals surface area contributed by atoms with Crippen LogP contribution in [0.5, 0.6) is 5.75 Å². The quantitative estimate of drug-likeness (QED) is 0.331. The number of nitrogens with one attached hydrogen (secondary N) is 1. The summed E-state index contributed by atoms with van der Waals surface area (Å²) in [6, 6.07) is 19.0. The highest BCUT2D eigenvalue weighted by molar-refractivity contribution is 8.14. The Bertz CT molecular complexity index is 1510. The molecule has 2 amide bonds. The molecule has 0 aliphatic carbocycles. The van der Waals surface area contributed by atoms with Crippen LogP contribution in [0.2, 0.25) is 0 Å². The number of urea groups is 1. The van der Waals surface area contributed by atoms with Crippen LogP contribution in [0.1, 0.15) is 5.56 Å². The van der Waals surface area contributed by atoms with E-state index in [1.54, 1.807) is 29.2 Å². The van der Waals surface area contributed by atoms with Crippen LogP contribution < -0.4 is 15.0 Å². The molecule has 39 heavy (non-hydrogen) atoms. The second-order valence-corrected chi connectivity index (χ2v) is 9.39. The summed E-state index contributed by atoms with van der Waals surface area (Å²) in [4.78, 5) is 22.7. The van der Waals surface area contributed by atoms with Crippen molar-refractivity contribution in [3.8, 4) is 22.8 Å². The minimum Gasteiger partial charge on any atom is -0.406 e. The number of hydrogen-bond donors (Lipinski definition) is 2. The number of amides is 2. The van der Waals surface area contributed by atoms with Gasteiger partial charge in [-0.2, -0.15) is 4.99 Å².